The van der Waals surface area contributed by atoms with Gasteiger partial charge in [-0.3, -0.25) is 5.43 Å². The summed E-state index contributed by atoms with van der Waals surface area (Å²) in [4.78, 5) is 0. The fourth-order valence-electron chi connectivity index (χ4n) is 0.841. The first-order chi connectivity index (χ1) is 6.33. The molecule has 0 aromatic carbocycles. The molecule has 0 spiro atoms. The molecule has 0 amide bonds. The average Bonchev–Trinajstić information content (AvgIpc) is 2.20. The molecule has 0 heterocycles. The van der Waals surface area contributed by atoms with Gasteiger partial charge in [-0.05, 0) is 13.0 Å². The molecular weight excluding hydrogens is 160 g/mol. The lowest BCUT2D eigenvalue weighted by Crippen LogP contribution is -2.03. The average molecular weight is 178 g/mol. The maximum atomic E-state index is 4.05. The number of hydrogen-bond donors (Lipinski definition) is 1. The standard InChI is InChI=1S/C9H12N2.C2H6/c1-3-10-11-9-6-4-8(2)5-7-9;1-2/h3-6,10H,1,7H2,2H3;1-2H3/b11-9-;. The highest BCUT2D eigenvalue weighted by atomic mass is 15.3. The van der Waals surface area contributed by atoms with Crippen LogP contribution in [0.3, 0.4) is 0 Å². The molecule has 2 nitrogen and oxygen atoms in total. The third-order valence-corrected chi connectivity index (χ3v) is 1.47. The van der Waals surface area contributed by atoms with Crippen LogP contribution in [-0.2, 0) is 0 Å². The van der Waals surface area contributed by atoms with Crippen molar-refractivity contribution >= 4 is 5.71 Å². The molecule has 2 heteroatoms. The molecule has 0 fully saturated rings. The summed E-state index contributed by atoms with van der Waals surface area (Å²) in [7, 11) is 0. The molecule has 0 saturated heterocycles. The van der Waals surface area contributed by atoms with E-state index in [1.54, 1.807) is 6.20 Å². The topological polar surface area (TPSA) is 24.4 Å². The largest absolute Gasteiger partial charge is 0.286 e. The minimum Gasteiger partial charge on any atom is -0.286 e. The highest BCUT2D eigenvalue weighted by molar-refractivity contribution is 5.97. The van der Waals surface area contributed by atoms with Gasteiger partial charge in [0.1, 0.15) is 0 Å². The summed E-state index contributed by atoms with van der Waals surface area (Å²) in [6, 6.07) is 0. The van der Waals surface area contributed by atoms with Gasteiger partial charge in [0.05, 0.1) is 5.71 Å². The molecule has 1 N–H and O–H groups in total. The second kappa shape index (κ2) is 7.35. The maximum Gasteiger partial charge on any atom is 0.0644 e. The van der Waals surface area contributed by atoms with Crippen LogP contribution in [0.1, 0.15) is 27.2 Å². The van der Waals surface area contributed by atoms with Gasteiger partial charge in [0.2, 0.25) is 0 Å². The first-order valence-corrected chi connectivity index (χ1v) is 4.61. The summed E-state index contributed by atoms with van der Waals surface area (Å²) in [5.41, 5.74) is 5.04. The van der Waals surface area contributed by atoms with Crippen LogP contribution in [0.4, 0.5) is 0 Å². The second-order valence-corrected chi connectivity index (χ2v) is 2.42. The Balaban J connectivity index is 0.000000671. The second-order valence-electron chi connectivity index (χ2n) is 2.42. The quantitative estimate of drug-likeness (QED) is 0.646. The Morgan fingerprint density at radius 1 is 1.46 bits per heavy atom. The van der Waals surface area contributed by atoms with E-state index in [0.717, 1.165) is 12.1 Å². The summed E-state index contributed by atoms with van der Waals surface area (Å²) in [6.07, 6.45) is 8.66. The van der Waals surface area contributed by atoms with E-state index in [9.17, 15) is 0 Å². The molecule has 0 saturated carbocycles. The Hall–Kier alpha value is -1.31. The van der Waals surface area contributed by atoms with E-state index in [1.165, 1.54) is 5.57 Å². The molecule has 1 aliphatic carbocycles. The SMILES string of the molecule is C=CN/N=C1/C=CC(C)=CC1.CC. The van der Waals surface area contributed by atoms with Crippen molar-refractivity contribution in [2.45, 2.75) is 27.2 Å². The third-order valence-electron chi connectivity index (χ3n) is 1.47. The van der Waals surface area contributed by atoms with Crippen LogP contribution in [0.2, 0.25) is 0 Å². The van der Waals surface area contributed by atoms with E-state index in [2.05, 4.69) is 30.1 Å². The van der Waals surface area contributed by atoms with Crippen molar-refractivity contribution in [1.82, 2.24) is 5.43 Å². The van der Waals surface area contributed by atoms with E-state index in [1.807, 2.05) is 26.0 Å². The minimum atomic E-state index is 0.906. The highest BCUT2D eigenvalue weighted by Gasteiger charge is 1.96. The summed E-state index contributed by atoms with van der Waals surface area (Å²) in [5, 5.41) is 4.05. The smallest absolute Gasteiger partial charge is 0.0644 e. The summed E-state index contributed by atoms with van der Waals surface area (Å²) in [5.74, 6) is 0. The zero-order chi connectivity index (χ0) is 10.1. The van der Waals surface area contributed by atoms with E-state index < -0.39 is 0 Å². The van der Waals surface area contributed by atoms with Gasteiger partial charge in [0.15, 0.2) is 0 Å². The van der Waals surface area contributed by atoms with Crippen molar-refractivity contribution in [3.05, 3.63) is 36.6 Å². The lowest BCUT2D eigenvalue weighted by atomic mass is 10.1. The first kappa shape index (κ1) is 11.7. The van der Waals surface area contributed by atoms with Gasteiger partial charge in [0, 0.05) is 12.6 Å². The van der Waals surface area contributed by atoms with Crippen LogP contribution in [0.5, 0.6) is 0 Å². The van der Waals surface area contributed by atoms with Crippen LogP contribution < -0.4 is 5.43 Å². The number of hydrazone groups is 1. The molecule has 13 heavy (non-hydrogen) atoms. The Bertz CT molecular complexity index is 234. The van der Waals surface area contributed by atoms with Crippen molar-refractivity contribution in [3.8, 4) is 0 Å². The molecule has 0 aliphatic heterocycles. The van der Waals surface area contributed by atoms with Gasteiger partial charge >= 0.3 is 0 Å². The number of hydrogen-bond acceptors (Lipinski definition) is 2. The van der Waals surface area contributed by atoms with Gasteiger partial charge in [-0.15, -0.1) is 0 Å². The normalized spacial score (nSPS) is 17.2. The lowest BCUT2D eigenvalue weighted by molar-refractivity contribution is 0.964. The Labute approximate surface area is 80.7 Å². The zero-order valence-electron chi connectivity index (χ0n) is 8.67. The number of nitrogens with one attached hydrogen (secondary N) is 1. The first-order valence-electron chi connectivity index (χ1n) is 4.61. The van der Waals surface area contributed by atoms with E-state index in [0.29, 0.717) is 0 Å². The zero-order valence-corrected chi connectivity index (χ0v) is 8.67. The van der Waals surface area contributed by atoms with E-state index in [4.69, 9.17) is 0 Å². The molecule has 1 rings (SSSR count). The predicted octanol–water partition coefficient (Wildman–Crippen LogP) is 3.01. The Morgan fingerprint density at radius 2 is 2.15 bits per heavy atom. The van der Waals surface area contributed by atoms with Gasteiger partial charge in [0.25, 0.3) is 0 Å². The molecule has 0 radical (unpaired) electrons. The van der Waals surface area contributed by atoms with Crippen molar-refractivity contribution in [2.24, 2.45) is 5.10 Å². The number of allylic oxidation sites excluding steroid dienone is 4. The number of rotatable bonds is 2. The lowest BCUT2D eigenvalue weighted by Gasteiger charge is -2.03. The van der Waals surface area contributed by atoms with Crippen LogP contribution >= 0.6 is 0 Å². The summed E-state index contributed by atoms with van der Waals surface area (Å²) in [6.45, 7) is 9.58. The fraction of sp³-hybridized carbons (Fsp3) is 0.364. The summed E-state index contributed by atoms with van der Waals surface area (Å²) < 4.78 is 0. The van der Waals surface area contributed by atoms with Crippen molar-refractivity contribution in [3.63, 3.8) is 0 Å². The molecule has 1 aliphatic rings. The number of nitrogens with zero attached hydrogens (tertiary/aromatic N) is 1. The van der Waals surface area contributed by atoms with Crippen LogP contribution in [0.15, 0.2) is 41.7 Å². The molecule has 0 unspecified atom stereocenters. The minimum absolute atomic E-state index is 0.906. The van der Waals surface area contributed by atoms with Gasteiger partial charge in [-0.25, -0.2) is 0 Å². The van der Waals surface area contributed by atoms with Crippen LogP contribution in [-0.4, -0.2) is 5.71 Å². The van der Waals surface area contributed by atoms with Crippen molar-refractivity contribution in [2.75, 3.05) is 0 Å². The van der Waals surface area contributed by atoms with Crippen molar-refractivity contribution < 1.29 is 0 Å². The van der Waals surface area contributed by atoms with Crippen LogP contribution in [0, 0.1) is 0 Å². The highest BCUT2D eigenvalue weighted by Crippen LogP contribution is 2.06. The van der Waals surface area contributed by atoms with Gasteiger partial charge < -0.3 is 0 Å². The van der Waals surface area contributed by atoms with E-state index >= 15 is 0 Å². The van der Waals surface area contributed by atoms with Crippen molar-refractivity contribution in [1.29, 1.82) is 0 Å². The fourth-order valence-corrected chi connectivity index (χ4v) is 0.841. The molecule has 0 bridgehead atoms. The third kappa shape index (κ3) is 5.01. The van der Waals surface area contributed by atoms with E-state index in [-0.39, 0.29) is 0 Å². The Morgan fingerprint density at radius 3 is 2.62 bits per heavy atom. The summed E-state index contributed by atoms with van der Waals surface area (Å²) >= 11 is 0. The van der Waals surface area contributed by atoms with Crippen LogP contribution in [0.25, 0.3) is 0 Å². The van der Waals surface area contributed by atoms with Gasteiger partial charge in [-0.2, -0.15) is 5.10 Å². The molecule has 72 valence electrons. The molecule has 0 aromatic heterocycles. The Kier molecular flexibility index (Phi) is 6.60. The molecule has 0 aromatic rings. The molecular formula is C11H18N2. The van der Waals surface area contributed by atoms with Gasteiger partial charge in [-0.1, -0.05) is 38.2 Å². The monoisotopic (exact) mass is 178 g/mol. The predicted molar refractivity (Wildman–Crippen MR) is 59.6 cm³/mol. The maximum absolute atomic E-state index is 4.05. The molecule has 0 atom stereocenters.